The summed E-state index contributed by atoms with van der Waals surface area (Å²) >= 11 is 7.05. The molecule has 0 saturated carbocycles. The van der Waals surface area contributed by atoms with Gasteiger partial charge in [0.1, 0.15) is 18.2 Å². The summed E-state index contributed by atoms with van der Waals surface area (Å²) in [6.45, 7) is 2.92. The van der Waals surface area contributed by atoms with Gasteiger partial charge in [-0.25, -0.2) is 9.97 Å². The van der Waals surface area contributed by atoms with Gasteiger partial charge in [0.2, 0.25) is 5.91 Å². The number of nitrogen functional groups attached to an aromatic ring is 1. The van der Waals surface area contributed by atoms with Crippen LogP contribution in [-0.4, -0.2) is 56.6 Å². The van der Waals surface area contributed by atoms with Gasteiger partial charge in [0.05, 0.1) is 14.9 Å². The Balaban J connectivity index is 1.48. The fourth-order valence-electron chi connectivity index (χ4n) is 3.91. The Morgan fingerprint density at radius 3 is 2.79 bits per heavy atom. The molecule has 3 amide bonds. The van der Waals surface area contributed by atoms with Crippen molar-refractivity contribution in [3.05, 3.63) is 46.6 Å². The molecular formula is C22H23ClN6O3S. The number of nitrogens with two attached hydrogens (primary N) is 1. The second-order valence-electron chi connectivity index (χ2n) is 7.73. The molecule has 0 radical (unpaired) electrons. The van der Waals surface area contributed by atoms with Crippen LogP contribution >= 0.6 is 22.9 Å². The van der Waals surface area contributed by atoms with Gasteiger partial charge in [0, 0.05) is 25.0 Å². The maximum Gasteiger partial charge on any atom is 0.314 e. The van der Waals surface area contributed by atoms with E-state index in [1.165, 1.54) is 22.6 Å². The van der Waals surface area contributed by atoms with Crippen molar-refractivity contribution in [1.29, 1.82) is 0 Å². The Bertz CT molecular complexity index is 1220. The number of anilines is 2. The molecule has 1 unspecified atom stereocenters. The molecule has 172 valence electrons. The first kappa shape index (κ1) is 22.9. The lowest BCUT2D eigenvalue weighted by Gasteiger charge is -2.40. The van der Waals surface area contributed by atoms with E-state index in [0.29, 0.717) is 46.6 Å². The van der Waals surface area contributed by atoms with E-state index in [9.17, 15) is 14.4 Å². The molecule has 1 atom stereocenters. The van der Waals surface area contributed by atoms with Crippen LogP contribution in [-0.2, 0) is 20.9 Å². The largest absolute Gasteiger partial charge is 0.383 e. The van der Waals surface area contributed by atoms with Gasteiger partial charge in [0.15, 0.2) is 0 Å². The van der Waals surface area contributed by atoms with E-state index in [4.69, 9.17) is 17.3 Å². The summed E-state index contributed by atoms with van der Waals surface area (Å²) < 4.78 is 0.508. The van der Waals surface area contributed by atoms with Gasteiger partial charge in [0.25, 0.3) is 0 Å². The van der Waals surface area contributed by atoms with Crippen LogP contribution in [0.3, 0.4) is 0 Å². The first-order valence-electron chi connectivity index (χ1n) is 10.5. The summed E-state index contributed by atoms with van der Waals surface area (Å²) in [7, 11) is 0. The lowest BCUT2D eigenvalue weighted by Crippen LogP contribution is -2.60. The highest BCUT2D eigenvalue weighted by atomic mass is 35.5. The number of piperazine rings is 1. The van der Waals surface area contributed by atoms with Crippen LogP contribution in [0.2, 0.25) is 4.34 Å². The van der Waals surface area contributed by atoms with Crippen LogP contribution in [0.25, 0.3) is 10.9 Å². The summed E-state index contributed by atoms with van der Waals surface area (Å²) in [6.07, 6.45) is 2.58. The second-order valence-corrected chi connectivity index (χ2v) is 9.45. The van der Waals surface area contributed by atoms with Crippen molar-refractivity contribution in [1.82, 2.24) is 19.8 Å². The number of carbonyl (C=O) groups is 3. The minimum Gasteiger partial charge on any atom is -0.383 e. The molecule has 9 nitrogen and oxygen atoms in total. The monoisotopic (exact) mass is 486 g/mol. The van der Waals surface area contributed by atoms with E-state index in [1.807, 2.05) is 25.1 Å². The third-order valence-corrected chi connectivity index (χ3v) is 6.66. The van der Waals surface area contributed by atoms with Gasteiger partial charge in [-0.15, -0.1) is 11.3 Å². The molecule has 0 spiro atoms. The number of thiophene rings is 1. The summed E-state index contributed by atoms with van der Waals surface area (Å²) in [5.74, 6) is -1.27. The van der Waals surface area contributed by atoms with Gasteiger partial charge in [-0.2, -0.15) is 0 Å². The predicted molar refractivity (Wildman–Crippen MR) is 128 cm³/mol. The number of fused-ring (bicyclic) bond motifs is 1. The zero-order valence-corrected chi connectivity index (χ0v) is 19.5. The molecule has 3 aromatic rings. The zero-order valence-electron chi connectivity index (χ0n) is 18.0. The second kappa shape index (κ2) is 9.72. The molecule has 1 aromatic carbocycles. The molecule has 2 aromatic heterocycles. The molecule has 1 aliphatic heterocycles. The Morgan fingerprint density at radius 2 is 2.06 bits per heavy atom. The minimum atomic E-state index is -0.775. The molecule has 1 fully saturated rings. The van der Waals surface area contributed by atoms with E-state index in [0.717, 1.165) is 10.9 Å². The van der Waals surface area contributed by atoms with Crippen molar-refractivity contribution in [3.63, 3.8) is 0 Å². The Labute approximate surface area is 199 Å². The van der Waals surface area contributed by atoms with Crippen LogP contribution in [0.15, 0.2) is 36.7 Å². The highest BCUT2D eigenvalue weighted by molar-refractivity contribution is 7.20. The number of hydrogen-bond donors (Lipinski definition) is 2. The maximum absolute atomic E-state index is 13.3. The van der Waals surface area contributed by atoms with Crippen molar-refractivity contribution in [2.75, 3.05) is 24.1 Å². The highest BCUT2D eigenvalue weighted by Gasteiger charge is 2.39. The topological polar surface area (TPSA) is 122 Å². The molecular weight excluding hydrogens is 464 g/mol. The molecule has 4 rings (SSSR count). The lowest BCUT2D eigenvalue weighted by molar-refractivity contribution is -0.155. The molecule has 1 saturated heterocycles. The number of nitrogens with zero attached hydrogens (tertiary/aromatic N) is 4. The number of nitrogens with one attached hydrogen (secondary N) is 1. The standard InChI is InChI=1S/C22H23ClN6O3S/c1-2-3-16-21(31)28(11-13-4-5-14-15(10-13)25-12-26-19(14)24)8-9-29(16)22(32)20(30)27-18-7-6-17(23)33-18/h4-7,10,12,16H,2-3,8-9,11H2,1H3,(H,27,30)(H2,24,25,26). The van der Waals surface area contributed by atoms with Gasteiger partial charge in [-0.3, -0.25) is 14.4 Å². The van der Waals surface area contributed by atoms with E-state index >= 15 is 0 Å². The van der Waals surface area contributed by atoms with Crippen molar-refractivity contribution in [3.8, 4) is 0 Å². The van der Waals surface area contributed by atoms with E-state index in [1.54, 1.807) is 17.0 Å². The Hall–Kier alpha value is -3.24. The van der Waals surface area contributed by atoms with Crippen LogP contribution in [0.4, 0.5) is 10.8 Å². The highest BCUT2D eigenvalue weighted by Crippen LogP contribution is 2.26. The molecule has 0 aliphatic carbocycles. The van der Waals surface area contributed by atoms with Crippen LogP contribution in [0.1, 0.15) is 25.3 Å². The van der Waals surface area contributed by atoms with Crippen molar-refractivity contribution in [2.24, 2.45) is 0 Å². The van der Waals surface area contributed by atoms with E-state index in [2.05, 4.69) is 15.3 Å². The first-order valence-corrected chi connectivity index (χ1v) is 11.7. The van der Waals surface area contributed by atoms with Crippen LogP contribution in [0, 0.1) is 0 Å². The van der Waals surface area contributed by atoms with Gasteiger partial charge in [-0.1, -0.05) is 31.0 Å². The minimum absolute atomic E-state index is 0.175. The van der Waals surface area contributed by atoms with Crippen LogP contribution < -0.4 is 11.1 Å². The van der Waals surface area contributed by atoms with Gasteiger partial charge in [-0.05, 0) is 36.2 Å². The summed E-state index contributed by atoms with van der Waals surface area (Å²) in [5.41, 5.74) is 7.49. The van der Waals surface area contributed by atoms with Gasteiger partial charge < -0.3 is 20.9 Å². The fraction of sp³-hybridized carbons (Fsp3) is 0.318. The first-order chi connectivity index (χ1) is 15.9. The fourth-order valence-corrected chi connectivity index (χ4v) is 4.85. The third kappa shape index (κ3) is 4.91. The normalized spacial score (nSPS) is 16.3. The SMILES string of the molecule is CCCC1C(=O)N(Cc2ccc3c(N)ncnc3c2)CCN1C(=O)C(=O)Nc1ccc(Cl)s1. The number of rotatable bonds is 5. The van der Waals surface area contributed by atoms with E-state index < -0.39 is 17.9 Å². The predicted octanol–water partition coefficient (Wildman–Crippen LogP) is 2.91. The number of benzene rings is 1. The molecule has 33 heavy (non-hydrogen) atoms. The van der Waals surface area contributed by atoms with Crippen molar-refractivity contribution >= 4 is 62.4 Å². The average molecular weight is 487 g/mol. The van der Waals surface area contributed by atoms with Crippen molar-refractivity contribution in [2.45, 2.75) is 32.4 Å². The number of hydrogen-bond acceptors (Lipinski definition) is 7. The molecule has 11 heteroatoms. The number of aromatic nitrogens is 2. The Kier molecular flexibility index (Phi) is 6.75. The summed E-state index contributed by atoms with van der Waals surface area (Å²) in [6, 6.07) is 8.20. The summed E-state index contributed by atoms with van der Waals surface area (Å²) in [4.78, 5) is 50.0. The number of halogens is 1. The molecule has 0 bridgehead atoms. The number of amides is 3. The van der Waals surface area contributed by atoms with E-state index in [-0.39, 0.29) is 12.5 Å². The summed E-state index contributed by atoms with van der Waals surface area (Å²) in [5, 5.41) is 3.80. The quantitative estimate of drug-likeness (QED) is 0.535. The van der Waals surface area contributed by atoms with Gasteiger partial charge >= 0.3 is 11.8 Å². The Morgan fingerprint density at radius 1 is 1.24 bits per heavy atom. The van der Waals surface area contributed by atoms with Crippen molar-refractivity contribution < 1.29 is 14.4 Å². The average Bonchev–Trinajstić information content (AvgIpc) is 3.20. The van der Waals surface area contributed by atoms with Crippen LogP contribution in [0.5, 0.6) is 0 Å². The molecule has 3 heterocycles. The lowest BCUT2D eigenvalue weighted by atomic mass is 10.0. The molecule has 1 aliphatic rings. The maximum atomic E-state index is 13.3. The third-order valence-electron chi connectivity index (χ3n) is 5.52. The zero-order chi connectivity index (χ0) is 23.5. The smallest absolute Gasteiger partial charge is 0.314 e. The number of carbonyl (C=O) groups excluding carboxylic acids is 3. The molecule has 3 N–H and O–H groups in total.